The van der Waals surface area contributed by atoms with E-state index in [1.165, 1.54) is 6.20 Å². The third kappa shape index (κ3) is 3.16. The van der Waals surface area contributed by atoms with Crippen molar-refractivity contribution >= 4 is 22.4 Å². The Kier molecular flexibility index (Phi) is 4.65. The number of anilines is 2. The van der Waals surface area contributed by atoms with Gasteiger partial charge in [-0.1, -0.05) is 0 Å². The van der Waals surface area contributed by atoms with Crippen LogP contribution in [0.4, 0.5) is 11.5 Å². The Labute approximate surface area is 162 Å². The maximum atomic E-state index is 12.6. The zero-order valence-electron chi connectivity index (χ0n) is 15.9. The molecule has 8 heteroatoms. The van der Waals surface area contributed by atoms with Crippen molar-refractivity contribution in [2.24, 2.45) is 0 Å². The Morgan fingerprint density at radius 1 is 1.04 bits per heavy atom. The molecule has 142 valence electrons. The SMILES string of the molecule is CC(C)n1cnc2cc(N3CCN(c4nccnc4C#N)CC3)ccc2c1=O. The third-order valence-corrected chi connectivity index (χ3v) is 5.05. The molecule has 1 aromatic carbocycles. The molecule has 0 radical (unpaired) electrons. The van der Waals surface area contributed by atoms with Gasteiger partial charge in [-0.05, 0) is 32.0 Å². The normalized spacial score (nSPS) is 14.5. The minimum Gasteiger partial charge on any atom is -0.368 e. The molecule has 0 N–H and O–H groups in total. The molecule has 1 saturated heterocycles. The standard InChI is InChI=1S/C20H21N7O/c1-14(2)27-13-24-17-11-15(3-4-16(17)20(27)28)25-7-9-26(10-8-25)19-18(12-21)22-5-6-23-19/h3-6,11,13-14H,7-10H2,1-2H3. The Balaban J connectivity index is 1.55. The monoisotopic (exact) mass is 375 g/mol. The summed E-state index contributed by atoms with van der Waals surface area (Å²) in [6, 6.07) is 8.00. The van der Waals surface area contributed by atoms with Gasteiger partial charge in [-0.15, -0.1) is 0 Å². The van der Waals surface area contributed by atoms with Crippen molar-refractivity contribution in [1.82, 2.24) is 19.5 Å². The lowest BCUT2D eigenvalue weighted by molar-refractivity contribution is 0.573. The fourth-order valence-corrected chi connectivity index (χ4v) is 3.51. The van der Waals surface area contributed by atoms with Crippen molar-refractivity contribution in [3.05, 3.63) is 53.0 Å². The summed E-state index contributed by atoms with van der Waals surface area (Å²) in [6.07, 6.45) is 4.77. The van der Waals surface area contributed by atoms with Crippen molar-refractivity contribution in [3.63, 3.8) is 0 Å². The van der Waals surface area contributed by atoms with Crippen LogP contribution in [0.2, 0.25) is 0 Å². The Morgan fingerprint density at radius 3 is 2.46 bits per heavy atom. The smallest absolute Gasteiger partial charge is 0.261 e. The molecule has 0 amide bonds. The van der Waals surface area contributed by atoms with E-state index in [-0.39, 0.29) is 11.6 Å². The van der Waals surface area contributed by atoms with Gasteiger partial charge >= 0.3 is 0 Å². The average molecular weight is 375 g/mol. The average Bonchev–Trinajstić information content (AvgIpc) is 2.73. The maximum Gasteiger partial charge on any atom is 0.261 e. The molecule has 8 nitrogen and oxygen atoms in total. The highest BCUT2D eigenvalue weighted by Crippen LogP contribution is 2.23. The number of piperazine rings is 1. The molecule has 0 unspecified atom stereocenters. The zero-order valence-corrected chi connectivity index (χ0v) is 15.9. The van der Waals surface area contributed by atoms with Crippen molar-refractivity contribution in [2.45, 2.75) is 19.9 Å². The molecule has 1 aliphatic rings. The van der Waals surface area contributed by atoms with E-state index in [0.29, 0.717) is 22.4 Å². The number of nitrogens with zero attached hydrogens (tertiary/aromatic N) is 7. The molecule has 3 heterocycles. The second-order valence-corrected chi connectivity index (χ2v) is 7.07. The van der Waals surface area contributed by atoms with Gasteiger partial charge in [0, 0.05) is 50.3 Å². The molecule has 0 spiro atoms. The van der Waals surface area contributed by atoms with Crippen molar-refractivity contribution < 1.29 is 0 Å². The van der Waals surface area contributed by atoms with E-state index >= 15 is 0 Å². The molecular formula is C20H21N7O. The van der Waals surface area contributed by atoms with E-state index in [0.717, 1.165) is 31.9 Å². The first-order valence-electron chi connectivity index (χ1n) is 9.30. The Hall–Kier alpha value is -3.47. The number of aromatic nitrogens is 4. The number of nitriles is 1. The van der Waals surface area contributed by atoms with Crippen LogP contribution in [0.15, 0.2) is 41.7 Å². The van der Waals surface area contributed by atoms with Crippen LogP contribution in [0.3, 0.4) is 0 Å². The lowest BCUT2D eigenvalue weighted by atomic mass is 10.2. The maximum absolute atomic E-state index is 12.6. The van der Waals surface area contributed by atoms with Gasteiger partial charge in [0.1, 0.15) is 6.07 Å². The van der Waals surface area contributed by atoms with Crippen LogP contribution in [-0.2, 0) is 0 Å². The van der Waals surface area contributed by atoms with E-state index in [4.69, 9.17) is 0 Å². The first-order chi connectivity index (χ1) is 13.6. The Morgan fingerprint density at radius 2 is 1.75 bits per heavy atom. The van der Waals surface area contributed by atoms with Crippen LogP contribution in [0.1, 0.15) is 25.6 Å². The topological polar surface area (TPSA) is 90.9 Å². The molecule has 0 atom stereocenters. The molecular weight excluding hydrogens is 354 g/mol. The van der Waals surface area contributed by atoms with E-state index < -0.39 is 0 Å². The zero-order chi connectivity index (χ0) is 19.7. The Bertz CT molecular complexity index is 1110. The molecule has 2 aromatic heterocycles. The van der Waals surface area contributed by atoms with Crippen LogP contribution in [0, 0.1) is 11.3 Å². The summed E-state index contributed by atoms with van der Waals surface area (Å²) in [6.45, 7) is 7.00. The molecule has 28 heavy (non-hydrogen) atoms. The minimum atomic E-state index is -0.0111. The summed E-state index contributed by atoms with van der Waals surface area (Å²) in [7, 11) is 0. The molecule has 0 aliphatic carbocycles. The minimum absolute atomic E-state index is 0.0111. The van der Waals surface area contributed by atoms with Crippen LogP contribution >= 0.6 is 0 Å². The number of hydrogen-bond acceptors (Lipinski definition) is 7. The molecule has 3 aromatic rings. The fraction of sp³-hybridized carbons (Fsp3) is 0.350. The number of hydrogen-bond donors (Lipinski definition) is 0. The fourth-order valence-electron chi connectivity index (χ4n) is 3.51. The van der Waals surface area contributed by atoms with Gasteiger partial charge < -0.3 is 9.80 Å². The van der Waals surface area contributed by atoms with Crippen LogP contribution in [0.5, 0.6) is 0 Å². The molecule has 1 aliphatic heterocycles. The van der Waals surface area contributed by atoms with Gasteiger partial charge in [-0.25, -0.2) is 15.0 Å². The summed E-state index contributed by atoms with van der Waals surface area (Å²) < 4.78 is 1.65. The summed E-state index contributed by atoms with van der Waals surface area (Å²) in [4.78, 5) is 29.8. The van der Waals surface area contributed by atoms with Crippen LogP contribution < -0.4 is 15.4 Å². The highest BCUT2D eigenvalue weighted by atomic mass is 16.1. The predicted octanol–water partition coefficient (Wildman–Crippen LogP) is 1.97. The van der Waals surface area contributed by atoms with Gasteiger partial charge in [-0.3, -0.25) is 9.36 Å². The first-order valence-corrected chi connectivity index (χ1v) is 9.30. The van der Waals surface area contributed by atoms with E-state index in [1.54, 1.807) is 17.1 Å². The van der Waals surface area contributed by atoms with Crippen molar-refractivity contribution in [1.29, 1.82) is 5.26 Å². The largest absolute Gasteiger partial charge is 0.368 e. The number of rotatable bonds is 3. The summed E-state index contributed by atoms with van der Waals surface area (Å²) in [5, 5.41) is 9.87. The van der Waals surface area contributed by atoms with E-state index in [1.807, 2.05) is 32.0 Å². The van der Waals surface area contributed by atoms with Gasteiger partial charge in [0.05, 0.1) is 17.2 Å². The summed E-state index contributed by atoms with van der Waals surface area (Å²) in [5.74, 6) is 0.638. The van der Waals surface area contributed by atoms with Gasteiger partial charge in [-0.2, -0.15) is 5.26 Å². The van der Waals surface area contributed by atoms with E-state index in [2.05, 4.69) is 30.8 Å². The van der Waals surface area contributed by atoms with Gasteiger partial charge in [0.2, 0.25) is 0 Å². The second kappa shape index (κ2) is 7.27. The van der Waals surface area contributed by atoms with Gasteiger partial charge in [0.25, 0.3) is 5.56 Å². The molecule has 0 saturated carbocycles. The van der Waals surface area contributed by atoms with Crippen molar-refractivity contribution in [3.8, 4) is 6.07 Å². The van der Waals surface area contributed by atoms with E-state index in [9.17, 15) is 10.1 Å². The first kappa shape index (κ1) is 17.9. The third-order valence-electron chi connectivity index (χ3n) is 5.05. The van der Waals surface area contributed by atoms with Crippen molar-refractivity contribution in [2.75, 3.05) is 36.0 Å². The van der Waals surface area contributed by atoms with Crippen LogP contribution in [-0.4, -0.2) is 45.7 Å². The lowest BCUT2D eigenvalue weighted by Crippen LogP contribution is -2.47. The molecule has 4 rings (SSSR count). The highest BCUT2D eigenvalue weighted by molar-refractivity contribution is 5.81. The highest BCUT2D eigenvalue weighted by Gasteiger charge is 2.21. The summed E-state index contributed by atoms with van der Waals surface area (Å²) in [5.41, 5.74) is 2.10. The number of benzene rings is 1. The lowest BCUT2D eigenvalue weighted by Gasteiger charge is -2.36. The van der Waals surface area contributed by atoms with Gasteiger partial charge in [0.15, 0.2) is 11.5 Å². The predicted molar refractivity (Wildman–Crippen MR) is 108 cm³/mol. The second-order valence-electron chi connectivity index (χ2n) is 7.07. The quantitative estimate of drug-likeness (QED) is 0.691. The molecule has 0 bridgehead atoms. The number of fused-ring (bicyclic) bond motifs is 1. The van der Waals surface area contributed by atoms with Crippen LogP contribution in [0.25, 0.3) is 10.9 Å². The summed E-state index contributed by atoms with van der Waals surface area (Å²) >= 11 is 0. The molecule has 1 fully saturated rings.